The van der Waals surface area contributed by atoms with Gasteiger partial charge in [0, 0.05) is 18.7 Å². The van der Waals surface area contributed by atoms with Crippen LogP contribution < -0.4 is 0 Å². The Morgan fingerprint density at radius 1 is 1.32 bits per heavy atom. The van der Waals surface area contributed by atoms with Gasteiger partial charge >= 0.3 is 12.1 Å². The van der Waals surface area contributed by atoms with E-state index in [-0.39, 0.29) is 32.4 Å². The quantitative estimate of drug-likeness (QED) is 0.620. The maximum atomic E-state index is 12.4. The smallest absolute Gasteiger partial charge is 0.412 e. The monoisotopic (exact) mass is 277 g/mol. The first-order valence-corrected chi connectivity index (χ1v) is 6.06. The van der Waals surface area contributed by atoms with Crippen LogP contribution in [-0.4, -0.2) is 41.1 Å². The zero-order chi connectivity index (χ0) is 14.3. The topological polar surface area (TPSA) is 57.6 Å². The standard InChI is InChI=1S/C12H14F3NO3/c13-12(14,15)8-2-6-16(7-3-8)9(17)11(10(18)19)4-1-5-11/h2H,1,3-7H2,(H,18,19). The largest absolute Gasteiger partial charge is 0.480 e. The van der Waals surface area contributed by atoms with E-state index in [0.717, 1.165) is 6.08 Å². The van der Waals surface area contributed by atoms with Gasteiger partial charge in [0.05, 0.1) is 0 Å². The van der Waals surface area contributed by atoms with Gasteiger partial charge in [-0.05, 0) is 19.3 Å². The van der Waals surface area contributed by atoms with Crippen LogP contribution in [0.5, 0.6) is 0 Å². The first-order valence-electron chi connectivity index (χ1n) is 6.06. The average molecular weight is 277 g/mol. The summed E-state index contributed by atoms with van der Waals surface area (Å²) in [5.74, 6) is -1.72. The molecular formula is C12H14F3NO3. The second-order valence-corrected chi connectivity index (χ2v) is 4.97. The Morgan fingerprint density at radius 3 is 2.26 bits per heavy atom. The highest BCUT2D eigenvalue weighted by Crippen LogP contribution is 2.43. The van der Waals surface area contributed by atoms with Crippen molar-refractivity contribution < 1.29 is 27.9 Å². The molecule has 1 heterocycles. The summed E-state index contributed by atoms with van der Waals surface area (Å²) in [7, 11) is 0. The zero-order valence-electron chi connectivity index (χ0n) is 10.2. The molecule has 0 unspecified atom stereocenters. The third kappa shape index (κ3) is 2.33. The highest BCUT2D eigenvalue weighted by molar-refractivity contribution is 6.02. The first-order chi connectivity index (χ1) is 8.77. The van der Waals surface area contributed by atoms with E-state index in [0.29, 0.717) is 6.42 Å². The minimum Gasteiger partial charge on any atom is -0.480 e. The number of carbonyl (C=O) groups is 2. The second-order valence-electron chi connectivity index (χ2n) is 4.97. The molecule has 2 aliphatic rings. The Kier molecular flexibility index (Phi) is 3.32. The highest BCUT2D eigenvalue weighted by atomic mass is 19.4. The number of hydrogen-bond acceptors (Lipinski definition) is 2. The Morgan fingerprint density at radius 2 is 1.95 bits per heavy atom. The zero-order valence-corrected chi connectivity index (χ0v) is 10.2. The Labute approximate surface area is 107 Å². The van der Waals surface area contributed by atoms with Crippen molar-refractivity contribution in [3.63, 3.8) is 0 Å². The maximum Gasteiger partial charge on any atom is 0.412 e. The molecule has 1 saturated carbocycles. The number of carboxylic acid groups (broad SMARTS) is 1. The summed E-state index contributed by atoms with van der Waals surface area (Å²) < 4.78 is 37.3. The van der Waals surface area contributed by atoms with Crippen LogP contribution in [-0.2, 0) is 9.59 Å². The molecule has 0 atom stereocenters. The minimum absolute atomic E-state index is 0.0702. The molecule has 0 aromatic carbocycles. The lowest BCUT2D eigenvalue weighted by molar-refractivity contribution is -0.167. The van der Waals surface area contributed by atoms with Crippen molar-refractivity contribution in [2.75, 3.05) is 13.1 Å². The molecule has 1 fully saturated rings. The number of hydrogen-bond donors (Lipinski definition) is 1. The van der Waals surface area contributed by atoms with Crippen LogP contribution in [0.3, 0.4) is 0 Å². The van der Waals surface area contributed by atoms with Gasteiger partial charge in [0.25, 0.3) is 0 Å². The summed E-state index contributed by atoms with van der Waals surface area (Å²) >= 11 is 0. The first kappa shape index (κ1) is 13.9. The average Bonchev–Trinajstić information content (AvgIpc) is 2.25. The molecule has 0 saturated heterocycles. The number of aliphatic carboxylic acids is 1. The van der Waals surface area contributed by atoms with Gasteiger partial charge in [0.1, 0.15) is 5.41 Å². The van der Waals surface area contributed by atoms with Gasteiger partial charge in [-0.15, -0.1) is 0 Å². The molecule has 1 aliphatic heterocycles. The van der Waals surface area contributed by atoms with Gasteiger partial charge in [-0.25, -0.2) is 0 Å². The van der Waals surface area contributed by atoms with Gasteiger partial charge in [0.15, 0.2) is 0 Å². The normalized spacial score (nSPS) is 22.5. The fraction of sp³-hybridized carbons (Fsp3) is 0.667. The molecule has 0 aromatic heterocycles. The summed E-state index contributed by atoms with van der Waals surface area (Å²) in [6.45, 7) is -0.234. The summed E-state index contributed by atoms with van der Waals surface area (Å²) in [5, 5.41) is 9.12. The maximum absolute atomic E-state index is 12.4. The molecule has 7 heteroatoms. The molecule has 4 nitrogen and oxygen atoms in total. The number of rotatable bonds is 2. The van der Waals surface area contributed by atoms with E-state index in [1.165, 1.54) is 4.90 Å². The summed E-state index contributed by atoms with van der Waals surface area (Å²) in [4.78, 5) is 24.5. The highest BCUT2D eigenvalue weighted by Gasteiger charge is 2.53. The van der Waals surface area contributed by atoms with Gasteiger partial charge in [-0.2, -0.15) is 13.2 Å². The molecule has 0 aromatic rings. The van der Waals surface area contributed by atoms with Crippen molar-refractivity contribution in [3.8, 4) is 0 Å². The van der Waals surface area contributed by atoms with Crippen LogP contribution >= 0.6 is 0 Å². The number of alkyl halides is 3. The summed E-state index contributed by atoms with van der Waals surface area (Å²) in [6.07, 6.45) is -2.47. The molecule has 0 radical (unpaired) electrons. The van der Waals surface area contributed by atoms with Crippen molar-refractivity contribution in [1.29, 1.82) is 0 Å². The van der Waals surface area contributed by atoms with Crippen LogP contribution in [0.15, 0.2) is 11.6 Å². The molecule has 1 amide bonds. The van der Waals surface area contributed by atoms with Crippen LogP contribution in [0, 0.1) is 5.41 Å². The fourth-order valence-corrected chi connectivity index (χ4v) is 2.46. The number of carboxylic acids is 1. The van der Waals surface area contributed by atoms with Gasteiger partial charge < -0.3 is 10.0 Å². The molecule has 2 rings (SSSR count). The summed E-state index contributed by atoms with van der Waals surface area (Å²) in [5.41, 5.74) is -2.04. The second kappa shape index (κ2) is 4.54. The van der Waals surface area contributed by atoms with Gasteiger partial charge in [0.2, 0.25) is 5.91 Å². The predicted molar refractivity (Wildman–Crippen MR) is 59.3 cm³/mol. The fourth-order valence-electron chi connectivity index (χ4n) is 2.46. The van der Waals surface area contributed by atoms with Crippen LogP contribution in [0.2, 0.25) is 0 Å². The van der Waals surface area contributed by atoms with Crippen molar-refractivity contribution in [3.05, 3.63) is 11.6 Å². The molecular weight excluding hydrogens is 263 g/mol. The summed E-state index contributed by atoms with van der Waals surface area (Å²) in [6, 6.07) is 0. The third-order valence-corrected chi connectivity index (χ3v) is 3.89. The molecule has 1 aliphatic carbocycles. The van der Waals surface area contributed by atoms with E-state index in [2.05, 4.69) is 0 Å². The lowest BCUT2D eigenvalue weighted by Crippen LogP contribution is -2.53. The van der Waals surface area contributed by atoms with E-state index in [4.69, 9.17) is 5.11 Å². The van der Waals surface area contributed by atoms with Crippen LogP contribution in [0.4, 0.5) is 13.2 Å². The van der Waals surface area contributed by atoms with Crippen molar-refractivity contribution in [1.82, 2.24) is 4.90 Å². The minimum atomic E-state index is -4.36. The van der Waals surface area contributed by atoms with E-state index >= 15 is 0 Å². The van der Waals surface area contributed by atoms with Gasteiger partial charge in [-0.1, -0.05) is 12.5 Å². The Balaban J connectivity index is 2.08. The molecule has 0 bridgehead atoms. The third-order valence-electron chi connectivity index (χ3n) is 3.89. The molecule has 1 N–H and O–H groups in total. The molecule has 19 heavy (non-hydrogen) atoms. The van der Waals surface area contributed by atoms with E-state index in [1.807, 2.05) is 0 Å². The van der Waals surface area contributed by atoms with Crippen molar-refractivity contribution in [2.24, 2.45) is 5.41 Å². The lowest BCUT2D eigenvalue weighted by Gasteiger charge is -2.40. The van der Waals surface area contributed by atoms with Crippen molar-refractivity contribution in [2.45, 2.75) is 31.9 Å². The van der Waals surface area contributed by atoms with Crippen LogP contribution in [0.25, 0.3) is 0 Å². The Hall–Kier alpha value is -1.53. The van der Waals surface area contributed by atoms with Crippen molar-refractivity contribution >= 4 is 11.9 Å². The number of nitrogens with zero attached hydrogens (tertiary/aromatic N) is 1. The van der Waals surface area contributed by atoms with Crippen LogP contribution in [0.1, 0.15) is 25.7 Å². The van der Waals surface area contributed by atoms with E-state index in [1.54, 1.807) is 0 Å². The SMILES string of the molecule is O=C(O)C1(C(=O)N2CC=C(C(F)(F)F)CC2)CCC1. The number of halogens is 3. The Bertz CT molecular complexity index is 438. The predicted octanol–water partition coefficient (Wildman–Crippen LogP) is 1.96. The van der Waals surface area contributed by atoms with E-state index < -0.39 is 29.0 Å². The number of amides is 1. The lowest BCUT2D eigenvalue weighted by atomic mass is 9.67. The molecule has 0 spiro atoms. The van der Waals surface area contributed by atoms with E-state index in [9.17, 15) is 22.8 Å². The molecule has 106 valence electrons. The number of carbonyl (C=O) groups excluding carboxylic acids is 1. The van der Waals surface area contributed by atoms with Gasteiger partial charge in [-0.3, -0.25) is 9.59 Å².